The van der Waals surface area contributed by atoms with Gasteiger partial charge in [0.2, 0.25) is 0 Å². The molecule has 0 aliphatic rings. The molecule has 0 heterocycles. The average molecular weight is 254 g/mol. The number of rotatable bonds is 3. The molecule has 0 aliphatic carbocycles. The first kappa shape index (κ1) is 13.3. The van der Waals surface area contributed by atoms with Crippen molar-refractivity contribution in [3.63, 3.8) is 0 Å². The molecule has 0 atom stereocenters. The first-order valence-corrected chi connectivity index (χ1v) is 6.28. The van der Waals surface area contributed by atoms with Gasteiger partial charge in [0.1, 0.15) is 0 Å². The highest BCUT2D eigenvalue weighted by molar-refractivity contribution is 6.04. The summed E-state index contributed by atoms with van der Waals surface area (Å²) in [6, 6.07) is 13.2. The molecule has 1 amide bonds. The van der Waals surface area contributed by atoms with Gasteiger partial charge in [0.25, 0.3) is 5.91 Å². The van der Waals surface area contributed by atoms with E-state index in [4.69, 9.17) is 5.73 Å². The summed E-state index contributed by atoms with van der Waals surface area (Å²) >= 11 is 0. The van der Waals surface area contributed by atoms with Gasteiger partial charge in [-0.05, 0) is 54.8 Å². The van der Waals surface area contributed by atoms with E-state index in [-0.39, 0.29) is 5.91 Å². The lowest BCUT2D eigenvalue weighted by Gasteiger charge is -2.08. The van der Waals surface area contributed by atoms with Crippen LogP contribution in [0.2, 0.25) is 0 Å². The number of nitrogens with two attached hydrogens (primary N) is 1. The summed E-state index contributed by atoms with van der Waals surface area (Å²) in [6.45, 7) is 4.56. The Bertz CT molecular complexity index is 588. The predicted octanol–water partition coefficient (Wildman–Crippen LogP) is 3.01. The van der Waals surface area contributed by atoms with Crippen LogP contribution in [0.1, 0.15) is 27.0 Å². The van der Waals surface area contributed by atoms with E-state index >= 15 is 0 Å². The van der Waals surface area contributed by atoms with Gasteiger partial charge in [-0.25, -0.2) is 0 Å². The molecule has 0 saturated carbocycles. The molecule has 0 unspecified atom stereocenters. The van der Waals surface area contributed by atoms with Crippen LogP contribution in [0, 0.1) is 13.8 Å². The van der Waals surface area contributed by atoms with Crippen LogP contribution in [-0.4, -0.2) is 5.91 Å². The lowest BCUT2D eigenvalue weighted by Crippen LogP contribution is -2.12. The van der Waals surface area contributed by atoms with Crippen molar-refractivity contribution in [2.24, 2.45) is 5.73 Å². The average Bonchev–Trinajstić information content (AvgIpc) is 2.43. The standard InChI is InChI=1S/C16H18N2O/c1-11-3-8-15(9-12(11)2)18-16(19)14-6-4-13(10-17)5-7-14/h3-9H,10,17H2,1-2H3,(H,18,19). The number of anilines is 1. The summed E-state index contributed by atoms with van der Waals surface area (Å²) < 4.78 is 0. The van der Waals surface area contributed by atoms with E-state index in [1.807, 2.05) is 44.2 Å². The van der Waals surface area contributed by atoms with Gasteiger partial charge < -0.3 is 11.1 Å². The van der Waals surface area contributed by atoms with E-state index in [0.717, 1.165) is 16.8 Å². The number of benzene rings is 2. The maximum atomic E-state index is 12.1. The molecule has 0 spiro atoms. The van der Waals surface area contributed by atoms with E-state index in [0.29, 0.717) is 12.1 Å². The van der Waals surface area contributed by atoms with E-state index in [1.165, 1.54) is 5.56 Å². The van der Waals surface area contributed by atoms with Crippen molar-refractivity contribution >= 4 is 11.6 Å². The molecule has 0 saturated heterocycles. The second-order valence-corrected chi connectivity index (χ2v) is 4.65. The van der Waals surface area contributed by atoms with Crippen LogP contribution in [0.5, 0.6) is 0 Å². The van der Waals surface area contributed by atoms with Crippen molar-refractivity contribution in [2.75, 3.05) is 5.32 Å². The zero-order valence-electron chi connectivity index (χ0n) is 11.2. The minimum atomic E-state index is -0.105. The van der Waals surface area contributed by atoms with Gasteiger partial charge in [0.05, 0.1) is 0 Å². The second kappa shape index (κ2) is 5.67. The number of amides is 1. The number of hydrogen-bond donors (Lipinski definition) is 2. The van der Waals surface area contributed by atoms with E-state index < -0.39 is 0 Å². The molecule has 0 aliphatic heterocycles. The molecular formula is C16H18N2O. The van der Waals surface area contributed by atoms with Gasteiger partial charge in [0.15, 0.2) is 0 Å². The van der Waals surface area contributed by atoms with Crippen LogP contribution in [-0.2, 0) is 6.54 Å². The van der Waals surface area contributed by atoms with Crippen LogP contribution in [0.4, 0.5) is 5.69 Å². The summed E-state index contributed by atoms with van der Waals surface area (Å²) in [5.74, 6) is -0.105. The smallest absolute Gasteiger partial charge is 0.255 e. The largest absolute Gasteiger partial charge is 0.326 e. The maximum absolute atomic E-state index is 12.1. The van der Waals surface area contributed by atoms with Crippen LogP contribution in [0.15, 0.2) is 42.5 Å². The van der Waals surface area contributed by atoms with Gasteiger partial charge in [-0.2, -0.15) is 0 Å². The highest BCUT2D eigenvalue weighted by Crippen LogP contribution is 2.15. The lowest BCUT2D eigenvalue weighted by molar-refractivity contribution is 0.102. The summed E-state index contributed by atoms with van der Waals surface area (Å²) in [7, 11) is 0. The summed E-state index contributed by atoms with van der Waals surface area (Å²) in [4.78, 5) is 12.1. The first-order valence-electron chi connectivity index (χ1n) is 6.28. The first-order chi connectivity index (χ1) is 9.10. The number of nitrogens with one attached hydrogen (secondary N) is 1. The van der Waals surface area contributed by atoms with Crippen molar-refractivity contribution in [2.45, 2.75) is 20.4 Å². The van der Waals surface area contributed by atoms with Crippen molar-refractivity contribution in [1.29, 1.82) is 0 Å². The Morgan fingerprint density at radius 1 is 1.05 bits per heavy atom. The minimum Gasteiger partial charge on any atom is -0.326 e. The zero-order valence-corrected chi connectivity index (χ0v) is 11.2. The van der Waals surface area contributed by atoms with Gasteiger partial charge in [-0.3, -0.25) is 4.79 Å². The molecule has 2 aromatic carbocycles. The molecule has 0 bridgehead atoms. The molecule has 3 nitrogen and oxygen atoms in total. The third kappa shape index (κ3) is 3.20. The fraction of sp³-hybridized carbons (Fsp3) is 0.188. The number of carbonyl (C=O) groups is 1. The Morgan fingerprint density at radius 2 is 1.74 bits per heavy atom. The van der Waals surface area contributed by atoms with Crippen molar-refractivity contribution in [1.82, 2.24) is 0 Å². The normalized spacial score (nSPS) is 10.3. The molecule has 3 heteroatoms. The van der Waals surface area contributed by atoms with Gasteiger partial charge >= 0.3 is 0 Å². The SMILES string of the molecule is Cc1ccc(NC(=O)c2ccc(CN)cc2)cc1C. The molecule has 2 rings (SSSR count). The van der Waals surface area contributed by atoms with E-state index in [2.05, 4.69) is 5.32 Å². The number of aryl methyl sites for hydroxylation is 2. The third-order valence-corrected chi connectivity index (χ3v) is 3.22. The molecule has 19 heavy (non-hydrogen) atoms. The highest BCUT2D eigenvalue weighted by Gasteiger charge is 2.06. The quantitative estimate of drug-likeness (QED) is 0.884. The van der Waals surface area contributed by atoms with Crippen LogP contribution >= 0.6 is 0 Å². The Kier molecular flexibility index (Phi) is 3.97. The third-order valence-electron chi connectivity index (χ3n) is 3.22. The fourth-order valence-electron chi connectivity index (χ4n) is 1.81. The lowest BCUT2D eigenvalue weighted by atomic mass is 10.1. The zero-order chi connectivity index (χ0) is 13.8. The van der Waals surface area contributed by atoms with E-state index in [1.54, 1.807) is 12.1 Å². The Balaban J connectivity index is 2.13. The summed E-state index contributed by atoms with van der Waals surface area (Å²) in [5, 5.41) is 2.89. The Hall–Kier alpha value is -2.13. The summed E-state index contributed by atoms with van der Waals surface area (Å²) in [5.41, 5.74) is 10.4. The Morgan fingerprint density at radius 3 is 2.32 bits per heavy atom. The van der Waals surface area contributed by atoms with Crippen molar-refractivity contribution in [3.8, 4) is 0 Å². The minimum absolute atomic E-state index is 0.105. The van der Waals surface area contributed by atoms with E-state index in [9.17, 15) is 4.79 Å². The van der Waals surface area contributed by atoms with Gasteiger partial charge in [-0.1, -0.05) is 18.2 Å². The molecule has 3 N–H and O–H groups in total. The molecule has 0 radical (unpaired) electrons. The number of hydrogen-bond acceptors (Lipinski definition) is 2. The molecule has 2 aromatic rings. The molecular weight excluding hydrogens is 236 g/mol. The van der Waals surface area contributed by atoms with Crippen molar-refractivity contribution in [3.05, 3.63) is 64.7 Å². The Labute approximate surface area is 113 Å². The van der Waals surface area contributed by atoms with Crippen LogP contribution in [0.3, 0.4) is 0 Å². The molecule has 0 aromatic heterocycles. The van der Waals surface area contributed by atoms with Crippen LogP contribution < -0.4 is 11.1 Å². The fourth-order valence-corrected chi connectivity index (χ4v) is 1.81. The summed E-state index contributed by atoms with van der Waals surface area (Å²) in [6.07, 6.45) is 0. The van der Waals surface area contributed by atoms with Crippen LogP contribution in [0.25, 0.3) is 0 Å². The highest BCUT2D eigenvalue weighted by atomic mass is 16.1. The van der Waals surface area contributed by atoms with Gasteiger partial charge in [0, 0.05) is 17.8 Å². The van der Waals surface area contributed by atoms with Crippen molar-refractivity contribution < 1.29 is 4.79 Å². The molecule has 0 fully saturated rings. The molecule has 98 valence electrons. The predicted molar refractivity (Wildman–Crippen MR) is 78.2 cm³/mol. The maximum Gasteiger partial charge on any atom is 0.255 e. The topological polar surface area (TPSA) is 55.1 Å². The number of carbonyl (C=O) groups excluding carboxylic acids is 1. The van der Waals surface area contributed by atoms with Gasteiger partial charge in [-0.15, -0.1) is 0 Å². The monoisotopic (exact) mass is 254 g/mol. The second-order valence-electron chi connectivity index (χ2n) is 4.65.